The van der Waals surface area contributed by atoms with Gasteiger partial charge in [0.25, 0.3) is 0 Å². The van der Waals surface area contributed by atoms with E-state index >= 15 is 0 Å². The summed E-state index contributed by atoms with van der Waals surface area (Å²) >= 11 is 4.33. The van der Waals surface area contributed by atoms with Crippen LogP contribution in [0.2, 0.25) is 0 Å². The maximum absolute atomic E-state index is 4.60. The van der Waals surface area contributed by atoms with Crippen LogP contribution >= 0.6 is 34.6 Å². The molecule has 0 atom stereocenters. The molecule has 0 amide bonds. The van der Waals surface area contributed by atoms with Crippen LogP contribution in [0.3, 0.4) is 0 Å². The molecule has 0 saturated carbocycles. The van der Waals surface area contributed by atoms with Crippen molar-refractivity contribution < 1.29 is 13.6 Å². The molecule has 10 aromatic rings. The molecule has 30 heteroatoms. The lowest BCUT2D eigenvalue weighted by Crippen LogP contribution is -1.92. The van der Waals surface area contributed by atoms with Crippen molar-refractivity contribution in [1.82, 2.24) is 118 Å². The van der Waals surface area contributed by atoms with Gasteiger partial charge in [-0.3, -0.25) is 14.0 Å². The Morgan fingerprint density at radius 1 is 0.351 bits per heavy atom. The summed E-state index contributed by atoms with van der Waals surface area (Å²) in [6.07, 6.45) is 0. The summed E-state index contributed by atoms with van der Waals surface area (Å²) < 4.78 is 32.6. The van der Waals surface area contributed by atoms with Crippen molar-refractivity contribution in [2.45, 2.75) is 138 Å². The molecule has 404 valence electrons. The zero-order valence-corrected chi connectivity index (χ0v) is 49.6. The van der Waals surface area contributed by atoms with Gasteiger partial charge in [0.1, 0.15) is 74.0 Å². The summed E-state index contributed by atoms with van der Waals surface area (Å²) in [5, 5.41) is 39.5. The van der Waals surface area contributed by atoms with Crippen molar-refractivity contribution in [3.05, 3.63) is 114 Å². The number of nitrogens with zero attached hydrogens (tertiary/aromatic N) is 24. The lowest BCUT2D eigenvalue weighted by molar-refractivity contribution is 0.373. The quantitative estimate of drug-likeness (QED) is 0.144. The minimum absolute atomic E-state index is 0.623. The van der Waals surface area contributed by atoms with E-state index in [1.807, 2.05) is 144 Å². The summed E-state index contributed by atoms with van der Waals surface area (Å²) in [6, 6.07) is 0. The van der Waals surface area contributed by atoms with Crippen LogP contribution in [0.15, 0.2) is 13.6 Å². The van der Waals surface area contributed by atoms with Crippen LogP contribution < -0.4 is 0 Å². The molecule has 0 bridgehead atoms. The van der Waals surface area contributed by atoms with Crippen molar-refractivity contribution in [3.8, 4) is 0 Å². The van der Waals surface area contributed by atoms with Crippen molar-refractivity contribution in [1.29, 1.82) is 0 Å². The van der Waals surface area contributed by atoms with Gasteiger partial charge in [0.2, 0.25) is 11.8 Å². The molecule has 10 rings (SSSR count). The predicted molar refractivity (Wildman–Crippen MR) is 281 cm³/mol. The summed E-state index contributed by atoms with van der Waals surface area (Å²) in [6.45, 7) is 37.7. The third kappa shape index (κ3) is 27.5. The lowest BCUT2D eigenvalue weighted by Gasteiger charge is -1.90. The van der Waals surface area contributed by atoms with Crippen LogP contribution in [-0.4, -0.2) is 118 Å². The van der Waals surface area contributed by atoms with Crippen LogP contribution in [-0.2, 0) is 28.2 Å². The van der Waals surface area contributed by atoms with E-state index in [0.29, 0.717) is 23.4 Å². The van der Waals surface area contributed by atoms with Gasteiger partial charge in [-0.05, 0) is 159 Å². The van der Waals surface area contributed by atoms with Gasteiger partial charge in [-0.1, -0.05) is 14.8 Å². The minimum atomic E-state index is 0.623. The van der Waals surface area contributed by atoms with Gasteiger partial charge in [-0.15, -0.1) is 20.4 Å². The van der Waals surface area contributed by atoms with Gasteiger partial charge >= 0.3 is 0 Å². The van der Waals surface area contributed by atoms with Gasteiger partial charge in [-0.2, -0.15) is 34.0 Å². The normalized spacial score (nSPS) is 9.62. The van der Waals surface area contributed by atoms with Crippen LogP contribution in [0.25, 0.3) is 0 Å². The fraction of sp³-hybridized carbons (Fsp3) is 0.545. The molecule has 27 nitrogen and oxygen atoms in total. The minimum Gasteiger partial charge on any atom is -0.342 e. The molecular formula is C44H72N24O3S3. The number of hydrogen-bond acceptors (Lipinski definition) is 26. The van der Waals surface area contributed by atoms with Crippen molar-refractivity contribution in [3.63, 3.8) is 0 Å². The first-order valence-corrected chi connectivity index (χ1v) is 24.8. The van der Waals surface area contributed by atoms with E-state index in [0.717, 1.165) is 85.4 Å². The topological polar surface area (TPSA) is 317 Å². The number of rotatable bonds is 0. The third-order valence-electron chi connectivity index (χ3n) is 8.84. The second-order valence-electron chi connectivity index (χ2n) is 15.6. The van der Waals surface area contributed by atoms with E-state index in [9.17, 15) is 0 Å². The number of aromatic nitrogens is 24. The molecule has 0 aliphatic carbocycles. The van der Waals surface area contributed by atoms with Crippen LogP contribution in [0, 0.1) is 138 Å². The maximum atomic E-state index is 4.60. The first-order valence-electron chi connectivity index (χ1n) is 22.5. The average molecular weight is 1080 g/mol. The molecule has 10 heterocycles. The van der Waals surface area contributed by atoms with E-state index in [1.165, 1.54) is 39.5 Å². The highest BCUT2D eigenvalue weighted by Crippen LogP contribution is 2.04. The summed E-state index contributed by atoms with van der Waals surface area (Å²) in [4.78, 5) is 29.1. The molecule has 0 aromatic carbocycles. The molecule has 0 aliphatic heterocycles. The van der Waals surface area contributed by atoms with Gasteiger partial charge < -0.3 is 18.1 Å². The summed E-state index contributed by atoms with van der Waals surface area (Å²) in [5.41, 5.74) is 1.91. The molecule has 10 aromatic heterocycles. The van der Waals surface area contributed by atoms with E-state index < -0.39 is 0 Å². The molecule has 74 heavy (non-hydrogen) atoms. The highest BCUT2D eigenvalue weighted by Gasteiger charge is 1.98. The highest BCUT2D eigenvalue weighted by atomic mass is 32.1. The van der Waals surface area contributed by atoms with E-state index in [4.69, 9.17) is 0 Å². The first-order chi connectivity index (χ1) is 34.6. The van der Waals surface area contributed by atoms with Crippen molar-refractivity contribution in [2.75, 3.05) is 0 Å². The largest absolute Gasteiger partial charge is 0.342 e. The Morgan fingerprint density at radius 2 is 0.730 bits per heavy atom. The van der Waals surface area contributed by atoms with Gasteiger partial charge in [0, 0.05) is 52.2 Å². The molecule has 0 N–H and O–H groups in total. The molecule has 0 aliphatic rings. The molecule has 0 unspecified atom stereocenters. The molecule has 0 radical (unpaired) electrons. The molecule has 0 fully saturated rings. The Morgan fingerprint density at radius 3 is 0.811 bits per heavy atom. The standard InChI is InChI=1S/4C5H9N3.3C4H6N2O.3C4H6N2S/c1-4-6-7-5(2)8(4)3;3*1-4-6-5(2)8(3)7-4;2*1-3-5-4(2)7-6-3;1-3-4(2)7-6-5-3;2*1-3-5-4(2)7-6-3;1-3-4(2)7-6-5-3/h4*1-3H3;6*1-2H3. The average Bonchev–Trinajstić information content (AvgIpc) is 4.25. The van der Waals surface area contributed by atoms with Gasteiger partial charge in [-0.25, -0.2) is 24.9 Å². The van der Waals surface area contributed by atoms with E-state index in [1.54, 1.807) is 41.7 Å². The van der Waals surface area contributed by atoms with Gasteiger partial charge in [0.05, 0.1) is 5.69 Å². The molecule has 0 saturated heterocycles. The summed E-state index contributed by atoms with van der Waals surface area (Å²) in [5.74, 6) is 12.5. The van der Waals surface area contributed by atoms with Gasteiger partial charge in [0.15, 0.2) is 17.4 Å². The fourth-order valence-electron chi connectivity index (χ4n) is 4.53. The van der Waals surface area contributed by atoms with Crippen molar-refractivity contribution in [2.24, 2.45) is 28.2 Å². The number of hydrogen-bond donors (Lipinski definition) is 0. The Kier molecular flexibility index (Phi) is 29.2. The lowest BCUT2D eigenvalue weighted by atomic mass is 10.4. The predicted octanol–water partition coefficient (Wildman–Crippen LogP) is 7.25. The van der Waals surface area contributed by atoms with Crippen LogP contribution in [0.5, 0.6) is 0 Å². The first kappa shape index (κ1) is 64.7. The Balaban J connectivity index is 0.000000411. The Labute approximate surface area is 444 Å². The second kappa shape index (κ2) is 33.4. The zero-order chi connectivity index (χ0) is 56.2. The van der Waals surface area contributed by atoms with E-state index in [-0.39, 0.29) is 0 Å². The Bertz CT molecular complexity index is 2600. The van der Waals surface area contributed by atoms with Crippen molar-refractivity contribution >= 4 is 34.6 Å². The SMILES string of the molecule is Cc1nc(C)n(C)n1.Cc1nc(C)n(C)n1.Cc1nc(C)n(C)n1.Cc1nnc(C)n1C.Cc1nnoc1C.Cc1nnsc1C.Cc1noc(C)n1.Cc1noc(C)n1.Cc1nsc(C)n1.Cc1nsc(C)n1. The number of aryl methyl sites for hydroxylation is 23. The third-order valence-corrected chi connectivity index (χ3v) is 11.0. The fourth-order valence-corrected chi connectivity index (χ4v) is 5.94. The highest BCUT2D eigenvalue weighted by molar-refractivity contribution is 7.05. The second-order valence-corrected chi connectivity index (χ2v) is 18.5. The Hall–Kier alpha value is -7.34. The molecular weight excluding hydrogens is 1010 g/mol. The summed E-state index contributed by atoms with van der Waals surface area (Å²) in [7, 11) is 7.60. The zero-order valence-electron chi connectivity index (χ0n) is 47.2. The monoisotopic (exact) mass is 1080 g/mol. The van der Waals surface area contributed by atoms with Crippen LogP contribution in [0.1, 0.15) is 114 Å². The molecule has 0 spiro atoms. The van der Waals surface area contributed by atoms with E-state index in [2.05, 4.69) is 113 Å². The van der Waals surface area contributed by atoms with Crippen LogP contribution in [0.4, 0.5) is 0 Å². The maximum Gasteiger partial charge on any atom is 0.223 e. The smallest absolute Gasteiger partial charge is 0.223 e.